The number of rotatable bonds is 7. The highest BCUT2D eigenvalue weighted by Gasteiger charge is 2.15. The van der Waals surface area contributed by atoms with Crippen molar-refractivity contribution in [2.75, 3.05) is 25.0 Å². The van der Waals surface area contributed by atoms with Crippen LogP contribution in [0, 0.1) is 12.7 Å². The smallest absolute Gasteiger partial charge is 0.272 e. The van der Waals surface area contributed by atoms with Crippen molar-refractivity contribution in [3.05, 3.63) is 53.2 Å². The molecule has 0 aliphatic carbocycles. The minimum absolute atomic E-state index is 0.0907. The zero-order chi connectivity index (χ0) is 17.5. The van der Waals surface area contributed by atoms with Crippen molar-refractivity contribution in [2.45, 2.75) is 27.2 Å². The number of carbonyl (C=O) groups excluding carboxylic acids is 1. The van der Waals surface area contributed by atoms with Crippen LogP contribution in [-0.2, 0) is 6.42 Å². The second kappa shape index (κ2) is 8.38. The van der Waals surface area contributed by atoms with Crippen LogP contribution < -0.4 is 5.32 Å². The predicted octanol–water partition coefficient (Wildman–Crippen LogP) is 3.06. The summed E-state index contributed by atoms with van der Waals surface area (Å²) in [6.45, 7) is 7.58. The van der Waals surface area contributed by atoms with Crippen LogP contribution in [0.3, 0.4) is 0 Å². The van der Waals surface area contributed by atoms with Crippen LogP contribution in [0.2, 0.25) is 0 Å². The minimum Gasteiger partial charge on any atom is -0.370 e. The van der Waals surface area contributed by atoms with Crippen molar-refractivity contribution in [2.24, 2.45) is 0 Å². The van der Waals surface area contributed by atoms with Crippen LogP contribution in [0.1, 0.15) is 35.7 Å². The van der Waals surface area contributed by atoms with Gasteiger partial charge in [0.2, 0.25) is 0 Å². The fourth-order valence-corrected chi connectivity index (χ4v) is 2.43. The highest BCUT2D eigenvalue weighted by Crippen LogP contribution is 2.10. The number of benzene rings is 1. The fraction of sp³-hybridized carbons (Fsp3) is 0.389. The minimum atomic E-state index is -0.238. The summed E-state index contributed by atoms with van der Waals surface area (Å²) in [5.41, 5.74) is 1.43. The number of amides is 1. The van der Waals surface area contributed by atoms with Crippen molar-refractivity contribution < 1.29 is 9.18 Å². The van der Waals surface area contributed by atoms with Gasteiger partial charge in [0.05, 0.1) is 0 Å². The lowest BCUT2D eigenvalue weighted by Crippen LogP contribution is -2.31. The van der Waals surface area contributed by atoms with Gasteiger partial charge >= 0.3 is 0 Å². The second-order valence-electron chi connectivity index (χ2n) is 5.47. The number of hydrogen-bond donors (Lipinski definition) is 1. The average molecular weight is 330 g/mol. The van der Waals surface area contributed by atoms with Crippen molar-refractivity contribution in [1.29, 1.82) is 0 Å². The van der Waals surface area contributed by atoms with Crippen LogP contribution in [0.15, 0.2) is 30.3 Å². The van der Waals surface area contributed by atoms with Gasteiger partial charge in [0.1, 0.15) is 23.2 Å². The van der Waals surface area contributed by atoms with E-state index in [1.54, 1.807) is 30.0 Å². The molecule has 1 heterocycles. The molecular weight excluding hydrogens is 307 g/mol. The van der Waals surface area contributed by atoms with Crippen LogP contribution in [0.5, 0.6) is 0 Å². The van der Waals surface area contributed by atoms with Gasteiger partial charge in [0.25, 0.3) is 5.91 Å². The summed E-state index contributed by atoms with van der Waals surface area (Å²) in [5, 5.41) is 3.20. The summed E-state index contributed by atoms with van der Waals surface area (Å²) < 4.78 is 12.9. The Hall–Kier alpha value is -2.50. The van der Waals surface area contributed by atoms with Gasteiger partial charge in [-0.1, -0.05) is 12.1 Å². The monoisotopic (exact) mass is 330 g/mol. The Morgan fingerprint density at radius 2 is 1.83 bits per heavy atom. The number of nitrogens with one attached hydrogen (secondary N) is 1. The molecule has 0 saturated heterocycles. The van der Waals surface area contributed by atoms with Gasteiger partial charge in [0, 0.05) is 25.7 Å². The number of halogens is 1. The number of hydrogen-bond acceptors (Lipinski definition) is 4. The van der Waals surface area contributed by atoms with Gasteiger partial charge in [-0.05, 0) is 44.9 Å². The molecule has 6 heteroatoms. The first-order chi connectivity index (χ1) is 11.5. The van der Waals surface area contributed by atoms with Crippen LogP contribution in [0.25, 0.3) is 0 Å². The molecule has 1 aromatic heterocycles. The maximum atomic E-state index is 12.9. The van der Waals surface area contributed by atoms with Crippen LogP contribution in [-0.4, -0.2) is 40.4 Å². The van der Waals surface area contributed by atoms with Gasteiger partial charge in [-0.2, -0.15) is 0 Å². The second-order valence-corrected chi connectivity index (χ2v) is 5.47. The molecule has 1 amide bonds. The lowest BCUT2D eigenvalue weighted by molar-refractivity contribution is 0.0766. The Morgan fingerprint density at radius 3 is 2.46 bits per heavy atom. The Bertz CT molecular complexity index is 684. The molecule has 2 aromatic rings. The quantitative estimate of drug-likeness (QED) is 0.848. The average Bonchev–Trinajstić information content (AvgIpc) is 2.57. The maximum Gasteiger partial charge on any atom is 0.272 e. The zero-order valence-electron chi connectivity index (χ0n) is 14.3. The summed E-state index contributed by atoms with van der Waals surface area (Å²) in [7, 11) is 0. The van der Waals surface area contributed by atoms with Crippen molar-refractivity contribution in [1.82, 2.24) is 14.9 Å². The van der Waals surface area contributed by atoms with Crippen molar-refractivity contribution in [3.8, 4) is 0 Å². The molecule has 0 unspecified atom stereocenters. The molecule has 2 rings (SSSR count). The molecule has 0 aliphatic heterocycles. The zero-order valence-corrected chi connectivity index (χ0v) is 14.3. The molecule has 1 aromatic carbocycles. The Labute approximate surface area is 141 Å². The standard InChI is InChI=1S/C18H23FN4O/c1-4-23(5-2)18(24)16-12-17(22-13(3)21-16)20-11-10-14-6-8-15(19)9-7-14/h6-9,12H,4-5,10-11H2,1-3H3,(H,20,21,22). The maximum absolute atomic E-state index is 12.9. The third kappa shape index (κ3) is 4.75. The highest BCUT2D eigenvalue weighted by atomic mass is 19.1. The normalized spacial score (nSPS) is 10.5. The van der Waals surface area contributed by atoms with E-state index in [1.807, 2.05) is 13.8 Å². The molecule has 0 atom stereocenters. The third-order valence-corrected chi connectivity index (χ3v) is 3.74. The Morgan fingerprint density at radius 1 is 1.17 bits per heavy atom. The fourth-order valence-electron chi connectivity index (χ4n) is 2.43. The van der Waals surface area contributed by atoms with Crippen molar-refractivity contribution >= 4 is 11.7 Å². The van der Waals surface area contributed by atoms with Gasteiger partial charge < -0.3 is 10.2 Å². The van der Waals surface area contributed by atoms with Gasteiger partial charge in [0.15, 0.2) is 0 Å². The molecule has 1 N–H and O–H groups in total. The van der Waals surface area contributed by atoms with Crippen LogP contribution >= 0.6 is 0 Å². The first-order valence-corrected chi connectivity index (χ1v) is 8.16. The Balaban J connectivity index is 2.02. The Kier molecular flexibility index (Phi) is 6.23. The van der Waals surface area contributed by atoms with E-state index in [4.69, 9.17) is 0 Å². The SMILES string of the molecule is CCN(CC)C(=O)c1cc(NCCc2ccc(F)cc2)nc(C)n1. The van der Waals surface area contributed by atoms with E-state index in [1.165, 1.54) is 12.1 Å². The van der Waals surface area contributed by atoms with Gasteiger partial charge in [-0.25, -0.2) is 14.4 Å². The summed E-state index contributed by atoms with van der Waals surface area (Å²) in [4.78, 5) is 22.7. The topological polar surface area (TPSA) is 58.1 Å². The number of anilines is 1. The number of nitrogens with zero attached hydrogens (tertiary/aromatic N) is 3. The summed E-state index contributed by atoms with van der Waals surface area (Å²) in [6.07, 6.45) is 0.739. The lowest BCUT2D eigenvalue weighted by Gasteiger charge is -2.18. The van der Waals surface area contributed by atoms with E-state index in [9.17, 15) is 9.18 Å². The van der Waals surface area contributed by atoms with Crippen LogP contribution in [0.4, 0.5) is 10.2 Å². The van der Waals surface area contributed by atoms with Gasteiger partial charge in [-0.3, -0.25) is 4.79 Å². The first-order valence-electron chi connectivity index (χ1n) is 8.16. The molecule has 0 bridgehead atoms. The number of aromatic nitrogens is 2. The molecule has 0 radical (unpaired) electrons. The van der Waals surface area contributed by atoms with E-state index < -0.39 is 0 Å². The molecule has 128 valence electrons. The highest BCUT2D eigenvalue weighted by molar-refractivity contribution is 5.93. The number of carbonyl (C=O) groups is 1. The molecule has 0 spiro atoms. The van der Waals surface area contributed by atoms with E-state index in [-0.39, 0.29) is 11.7 Å². The summed E-state index contributed by atoms with van der Waals surface area (Å²) >= 11 is 0. The van der Waals surface area contributed by atoms with E-state index in [0.717, 1.165) is 12.0 Å². The summed E-state index contributed by atoms with van der Waals surface area (Å²) in [5.74, 6) is 0.849. The van der Waals surface area contributed by atoms with Gasteiger partial charge in [-0.15, -0.1) is 0 Å². The molecule has 0 fully saturated rings. The molecular formula is C18H23FN4O. The largest absolute Gasteiger partial charge is 0.370 e. The molecule has 24 heavy (non-hydrogen) atoms. The van der Waals surface area contributed by atoms with E-state index in [2.05, 4.69) is 15.3 Å². The van der Waals surface area contributed by atoms with E-state index >= 15 is 0 Å². The summed E-state index contributed by atoms with van der Waals surface area (Å²) in [6, 6.07) is 8.10. The third-order valence-electron chi connectivity index (χ3n) is 3.74. The number of aryl methyl sites for hydroxylation is 1. The molecule has 0 aliphatic rings. The first kappa shape index (κ1) is 17.8. The molecule has 5 nitrogen and oxygen atoms in total. The molecule has 0 saturated carbocycles. The van der Waals surface area contributed by atoms with Crippen molar-refractivity contribution in [3.63, 3.8) is 0 Å². The lowest BCUT2D eigenvalue weighted by atomic mass is 10.1. The van der Waals surface area contributed by atoms with E-state index in [0.29, 0.717) is 37.0 Å². The predicted molar refractivity (Wildman–Crippen MR) is 92.6 cm³/mol.